The molecule has 1 saturated heterocycles. The maximum Gasteiger partial charge on any atom is 0.227 e. The third-order valence-electron chi connectivity index (χ3n) is 5.16. The molecule has 0 unspecified atom stereocenters. The molecule has 0 amide bonds. The van der Waals surface area contributed by atoms with Gasteiger partial charge in [-0.05, 0) is 49.4 Å². The van der Waals surface area contributed by atoms with Gasteiger partial charge in [0.1, 0.15) is 5.84 Å². The van der Waals surface area contributed by atoms with Crippen molar-refractivity contribution >= 4 is 34.5 Å². The summed E-state index contributed by atoms with van der Waals surface area (Å²) >= 11 is 0. The van der Waals surface area contributed by atoms with Crippen LogP contribution >= 0.6 is 0 Å². The van der Waals surface area contributed by atoms with Gasteiger partial charge in [-0.2, -0.15) is 5.10 Å². The van der Waals surface area contributed by atoms with Crippen LogP contribution in [0.3, 0.4) is 0 Å². The van der Waals surface area contributed by atoms with Gasteiger partial charge in [-0.1, -0.05) is 12.6 Å². The summed E-state index contributed by atoms with van der Waals surface area (Å²) in [5, 5.41) is 9.06. The molecule has 0 atom stereocenters. The first-order valence-electron chi connectivity index (χ1n) is 10.7. The van der Waals surface area contributed by atoms with E-state index in [9.17, 15) is 0 Å². The van der Waals surface area contributed by atoms with Gasteiger partial charge >= 0.3 is 0 Å². The molecule has 1 aliphatic rings. The second-order valence-electron chi connectivity index (χ2n) is 7.58. The molecule has 9 heteroatoms. The monoisotopic (exact) mass is 444 g/mol. The third-order valence-corrected chi connectivity index (χ3v) is 5.16. The van der Waals surface area contributed by atoms with Gasteiger partial charge in [0.25, 0.3) is 0 Å². The first-order chi connectivity index (χ1) is 16.0. The molecule has 1 fully saturated rings. The molecule has 4 rings (SSSR count). The van der Waals surface area contributed by atoms with E-state index in [2.05, 4.69) is 31.9 Å². The summed E-state index contributed by atoms with van der Waals surface area (Å²) in [5.74, 6) is 0.938. The lowest BCUT2D eigenvalue weighted by Crippen LogP contribution is -2.36. The van der Waals surface area contributed by atoms with Gasteiger partial charge in [0, 0.05) is 36.7 Å². The lowest BCUT2D eigenvalue weighted by atomic mass is 10.1. The zero-order valence-corrected chi connectivity index (χ0v) is 18.6. The molecular formula is C24H28N8O. The Bertz CT molecular complexity index is 1140. The fourth-order valence-corrected chi connectivity index (χ4v) is 3.59. The molecular weight excluding hydrogens is 416 g/mol. The molecule has 5 N–H and O–H groups in total. The summed E-state index contributed by atoms with van der Waals surface area (Å²) in [6.45, 7) is 8.60. The average Bonchev–Trinajstić information content (AvgIpc) is 2.83. The second-order valence-corrected chi connectivity index (χ2v) is 7.58. The quantitative estimate of drug-likeness (QED) is 0.219. The highest BCUT2D eigenvalue weighted by Gasteiger charge is 2.14. The molecule has 0 aliphatic carbocycles. The number of nitrogens with two attached hydrogens (primary N) is 2. The van der Waals surface area contributed by atoms with E-state index in [1.165, 1.54) is 0 Å². The minimum absolute atomic E-state index is 0.445. The summed E-state index contributed by atoms with van der Waals surface area (Å²) in [6, 6.07) is 15.5. The zero-order chi connectivity index (χ0) is 23.2. The molecule has 3 aromatic rings. The van der Waals surface area contributed by atoms with Crippen LogP contribution in [0.5, 0.6) is 0 Å². The van der Waals surface area contributed by atoms with E-state index in [1.54, 1.807) is 24.3 Å². The number of nitrogen functional groups attached to an aromatic ring is 1. The van der Waals surface area contributed by atoms with E-state index in [-0.39, 0.29) is 0 Å². The second kappa shape index (κ2) is 10.0. The number of morpholine rings is 1. The van der Waals surface area contributed by atoms with Crippen molar-refractivity contribution in [2.75, 3.05) is 47.3 Å². The maximum atomic E-state index is 6.36. The summed E-state index contributed by atoms with van der Waals surface area (Å²) in [6.07, 6.45) is 3.32. The Morgan fingerprint density at radius 1 is 1.18 bits per heavy atom. The van der Waals surface area contributed by atoms with Gasteiger partial charge < -0.3 is 26.4 Å². The molecule has 2 aromatic carbocycles. The minimum atomic E-state index is 0.445. The summed E-state index contributed by atoms with van der Waals surface area (Å²) < 4.78 is 5.43. The molecule has 0 spiro atoms. The largest absolute Gasteiger partial charge is 0.397 e. The highest BCUT2D eigenvalue weighted by atomic mass is 16.5. The number of ether oxygens (including phenoxy) is 1. The van der Waals surface area contributed by atoms with E-state index in [0.717, 1.165) is 47.1 Å². The number of benzene rings is 2. The number of anilines is 5. The standard InChI is InChI=1S/C24H28N8O/c1-3-32(30-17(2)25)20-7-5-19(6-8-20)28-24-27-11-10-22(29-24)18-4-9-23(21(26)16-18)31-12-14-33-15-13-31/h3-11,16H,1,12-15,26H2,2H3,(H2,25,30)(H,27,28,29). The van der Waals surface area contributed by atoms with Crippen molar-refractivity contribution in [1.29, 1.82) is 0 Å². The normalized spacial score (nSPS) is 14.1. The number of hydrazone groups is 1. The number of aromatic nitrogens is 2. The van der Waals surface area contributed by atoms with Gasteiger partial charge in [0.2, 0.25) is 5.95 Å². The fourth-order valence-electron chi connectivity index (χ4n) is 3.59. The lowest BCUT2D eigenvalue weighted by Gasteiger charge is -2.30. The summed E-state index contributed by atoms with van der Waals surface area (Å²) in [7, 11) is 0. The van der Waals surface area contributed by atoms with Crippen molar-refractivity contribution in [2.45, 2.75) is 6.92 Å². The molecule has 33 heavy (non-hydrogen) atoms. The molecule has 1 aromatic heterocycles. The van der Waals surface area contributed by atoms with Gasteiger partial charge in [0.15, 0.2) is 0 Å². The number of amidine groups is 1. The highest BCUT2D eigenvalue weighted by Crippen LogP contribution is 2.30. The van der Waals surface area contributed by atoms with E-state index in [4.69, 9.17) is 16.2 Å². The van der Waals surface area contributed by atoms with Crippen molar-refractivity contribution in [3.8, 4) is 11.3 Å². The molecule has 0 radical (unpaired) electrons. The van der Waals surface area contributed by atoms with Crippen LogP contribution in [0.1, 0.15) is 6.92 Å². The van der Waals surface area contributed by atoms with Crippen LogP contribution in [0.25, 0.3) is 11.3 Å². The van der Waals surface area contributed by atoms with Crippen molar-refractivity contribution in [3.63, 3.8) is 0 Å². The molecule has 2 heterocycles. The number of hydrogen-bond donors (Lipinski definition) is 3. The average molecular weight is 445 g/mol. The Labute approximate surface area is 193 Å². The molecule has 0 bridgehead atoms. The first kappa shape index (κ1) is 22.1. The molecule has 1 aliphatic heterocycles. The van der Waals surface area contributed by atoms with Crippen molar-refractivity contribution in [3.05, 3.63) is 67.5 Å². The minimum Gasteiger partial charge on any atom is -0.397 e. The van der Waals surface area contributed by atoms with Crippen molar-refractivity contribution in [2.24, 2.45) is 10.8 Å². The Kier molecular flexibility index (Phi) is 6.70. The predicted octanol–water partition coefficient (Wildman–Crippen LogP) is 3.55. The van der Waals surface area contributed by atoms with Gasteiger partial charge in [-0.3, -0.25) is 0 Å². The SMILES string of the molecule is C=CN(/N=C(/C)N)c1ccc(Nc2nccc(-c3ccc(N4CCOCC4)c(N)c3)n2)cc1. The Hall–Kier alpha value is -4.11. The van der Waals surface area contributed by atoms with Crippen LogP contribution in [0, 0.1) is 0 Å². The van der Waals surface area contributed by atoms with Crippen molar-refractivity contribution in [1.82, 2.24) is 9.97 Å². The van der Waals surface area contributed by atoms with E-state index < -0.39 is 0 Å². The highest BCUT2D eigenvalue weighted by molar-refractivity contribution is 5.79. The molecule has 170 valence electrons. The van der Waals surface area contributed by atoms with Gasteiger partial charge in [0.05, 0.1) is 36.0 Å². The van der Waals surface area contributed by atoms with Crippen LogP contribution < -0.4 is 26.7 Å². The first-order valence-corrected chi connectivity index (χ1v) is 10.7. The number of hydrogen-bond acceptors (Lipinski definition) is 8. The number of nitrogens with zero attached hydrogens (tertiary/aromatic N) is 5. The maximum absolute atomic E-state index is 6.36. The third kappa shape index (κ3) is 5.39. The van der Waals surface area contributed by atoms with Gasteiger partial charge in [-0.15, -0.1) is 0 Å². The predicted molar refractivity (Wildman–Crippen MR) is 135 cm³/mol. The molecule has 9 nitrogen and oxygen atoms in total. The van der Waals surface area contributed by atoms with E-state index in [0.29, 0.717) is 25.0 Å². The van der Waals surface area contributed by atoms with Crippen LogP contribution in [0.4, 0.5) is 28.7 Å². The lowest BCUT2D eigenvalue weighted by molar-refractivity contribution is 0.123. The van der Waals surface area contributed by atoms with Crippen LogP contribution in [-0.4, -0.2) is 42.1 Å². The topological polar surface area (TPSA) is 118 Å². The van der Waals surface area contributed by atoms with Crippen molar-refractivity contribution < 1.29 is 4.74 Å². The van der Waals surface area contributed by atoms with Crippen LogP contribution in [0.15, 0.2) is 72.6 Å². The molecule has 0 saturated carbocycles. The van der Waals surface area contributed by atoms with Crippen LogP contribution in [-0.2, 0) is 4.74 Å². The smallest absolute Gasteiger partial charge is 0.227 e. The van der Waals surface area contributed by atoms with E-state index >= 15 is 0 Å². The van der Waals surface area contributed by atoms with Gasteiger partial charge in [-0.25, -0.2) is 15.0 Å². The summed E-state index contributed by atoms with van der Waals surface area (Å²) in [4.78, 5) is 11.2. The number of rotatable bonds is 7. The van der Waals surface area contributed by atoms with Crippen LogP contribution in [0.2, 0.25) is 0 Å². The summed E-state index contributed by atoms with van der Waals surface area (Å²) in [5.41, 5.74) is 17.2. The fraction of sp³-hybridized carbons (Fsp3) is 0.208. The Morgan fingerprint density at radius 2 is 1.94 bits per heavy atom. The van der Waals surface area contributed by atoms with E-state index in [1.807, 2.05) is 48.5 Å². The Morgan fingerprint density at radius 3 is 2.61 bits per heavy atom. The Balaban J connectivity index is 1.50. The number of nitrogens with one attached hydrogen (secondary N) is 1. The zero-order valence-electron chi connectivity index (χ0n) is 18.6.